The standard InChI is InChI=1S/C7H8N2O3/c8-3-4-9-5(7(11)12)1-2-6(9)10/h5H,1-2,4H2,(H,11,12)/t5-/m0/s1. The van der Waals surface area contributed by atoms with Crippen LogP contribution in [0.15, 0.2) is 0 Å². The van der Waals surface area contributed by atoms with Crippen LogP contribution in [0.5, 0.6) is 0 Å². The van der Waals surface area contributed by atoms with Crippen molar-refractivity contribution >= 4 is 11.9 Å². The average molecular weight is 168 g/mol. The molecular formula is C7H8N2O3. The van der Waals surface area contributed by atoms with Crippen LogP contribution in [-0.2, 0) is 9.59 Å². The van der Waals surface area contributed by atoms with E-state index in [1.165, 1.54) is 0 Å². The highest BCUT2D eigenvalue weighted by Gasteiger charge is 2.35. The number of aliphatic carboxylic acids is 1. The molecule has 1 atom stereocenters. The lowest BCUT2D eigenvalue weighted by Gasteiger charge is -2.17. The number of hydrogen-bond donors (Lipinski definition) is 1. The van der Waals surface area contributed by atoms with E-state index in [1.54, 1.807) is 6.07 Å². The number of rotatable bonds is 2. The van der Waals surface area contributed by atoms with Crippen molar-refractivity contribution in [2.24, 2.45) is 0 Å². The van der Waals surface area contributed by atoms with Gasteiger partial charge in [0.15, 0.2) is 0 Å². The number of carbonyl (C=O) groups excluding carboxylic acids is 1. The molecule has 1 saturated heterocycles. The third kappa shape index (κ3) is 1.37. The first-order valence-electron chi connectivity index (χ1n) is 3.56. The minimum Gasteiger partial charge on any atom is -0.480 e. The Morgan fingerprint density at radius 3 is 3.00 bits per heavy atom. The molecule has 0 unspecified atom stereocenters. The van der Waals surface area contributed by atoms with Gasteiger partial charge in [0.25, 0.3) is 0 Å². The van der Waals surface area contributed by atoms with Gasteiger partial charge in [-0.2, -0.15) is 5.26 Å². The average Bonchev–Trinajstić information content (AvgIpc) is 2.34. The molecule has 12 heavy (non-hydrogen) atoms. The smallest absolute Gasteiger partial charge is 0.326 e. The molecule has 0 radical (unpaired) electrons. The van der Waals surface area contributed by atoms with Gasteiger partial charge in [0.2, 0.25) is 5.91 Å². The number of carboxylic acids is 1. The highest BCUT2D eigenvalue weighted by molar-refractivity contribution is 5.87. The van der Waals surface area contributed by atoms with Crippen LogP contribution in [0.4, 0.5) is 0 Å². The van der Waals surface area contributed by atoms with Gasteiger partial charge < -0.3 is 10.0 Å². The van der Waals surface area contributed by atoms with Gasteiger partial charge in [-0.1, -0.05) is 0 Å². The molecule has 64 valence electrons. The van der Waals surface area contributed by atoms with Crippen LogP contribution in [0.25, 0.3) is 0 Å². The molecule has 1 aliphatic rings. The normalized spacial score (nSPS) is 22.4. The third-order valence-corrected chi connectivity index (χ3v) is 1.85. The largest absolute Gasteiger partial charge is 0.480 e. The Bertz CT molecular complexity index is 256. The number of amides is 1. The van der Waals surface area contributed by atoms with E-state index in [9.17, 15) is 9.59 Å². The highest BCUT2D eigenvalue weighted by atomic mass is 16.4. The fourth-order valence-electron chi connectivity index (χ4n) is 1.26. The molecule has 0 saturated carbocycles. The van der Waals surface area contributed by atoms with Crippen molar-refractivity contribution in [3.05, 3.63) is 0 Å². The topological polar surface area (TPSA) is 81.4 Å². The van der Waals surface area contributed by atoms with E-state index in [2.05, 4.69) is 0 Å². The zero-order chi connectivity index (χ0) is 9.14. The second kappa shape index (κ2) is 3.22. The Morgan fingerprint density at radius 1 is 1.83 bits per heavy atom. The summed E-state index contributed by atoms with van der Waals surface area (Å²) >= 11 is 0. The molecule has 0 bridgehead atoms. The number of carboxylic acid groups (broad SMARTS) is 1. The lowest BCUT2D eigenvalue weighted by Crippen LogP contribution is -2.38. The Labute approximate surface area is 69.2 Å². The van der Waals surface area contributed by atoms with Crippen molar-refractivity contribution in [1.82, 2.24) is 4.90 Å². The van der Waals surface area contributed by atoms with Crippen LogP contribution in [0.1, 0.15) is 12.8 Å². The van der Waals surface area contributed by atoms with E-state index in [4.69, 9.17) is 10.4 Å². The molecule has 5 nitrogen and oxygen atoms in total. The van der Waals surface area contributed by atoms with Gasteiger partial charge in [-0.25, -0.2) is 4.79 Å². The predicted octanol–water partition coefficient (Wildman–Crippen LogP) is -0.414. The van der Waals surface area contributed by atoms with Crippen molar-refractivity contribution in [3.63, 3.8) is 0 Å². The van der Waals surface area contributed by atoms with Gasteiger partial charge in [-0.3, -0.25) is 4.79 Å². The van der Waals surface area contributed by atoms with Crippen LogP contribution < -0.4 is 0 Å². The molecule has 1 amide bonds. The quantitative estimate of drug-likeness (QED) is 0.568. The first-order chi connectivity index (χ1) is 5.66. The van der Waals surface area contributed by atoms with Gasteiger partial charge in [0, 0.05) is 6.42 Å². The van der Waals surface area contributed by atoms with E-state index in [0.717, 1.165) is 4.90 Å². The fraction of sp³-hybridized carbons (Fsp3) is 0.571. The summed E-state index contributed by atoms with van der Waals surface area (Å²) in [6.45, 7) is -0.129. The lowest BCUT2D eigenvalue weighted by atomic mass is 10.2. The maximum atomic E-state index is 11.0. The summed E-state index contributed by atoms with van der Waals surface area (Å²) in [4.78, 5) is 22.6. The monoisotopic (exact) mass is 168 g/mol. The van der Waals surface area contributed by atoms with Crippen LogP contribution in [-0.4, -0.2) is 34.5 Å². The van der Waals surface area contributed by atoms with Crippen LogP contribution in [0, 0.1) is 11.3 Å². The van der Waals surface area contributed by atoms with Gasteiger partial charge in [0.05, 0.1) is 6.07 Å². The second-order valence-electron chi connectivity index (χ2n) is 2.57. The fourth-order valence-corrected chi connectivity index (χ4v) is 1.26. The van der Waals surface area contributed by atoms with Crippen molar-refractivity contribution in [1.29, 1.82) is 5.26 Å². The summed E-state index contributed by atoms with van der Waals surface area (Å²) in [6, 6.07) is 0.972. The zero-order valence-electron chi connectivity index (χ0n) is 6.36. The summed E-state index contributed by atoms with van der Waals surface area (Å²) < 4.78 is 0. The van der Waals surface area contributed by atoms with Crippen LogP contribution in [0.3, 0.4) is 0 Å². The van der Waals surface area contributed by atoms with E-state index in [-0.39, 0.29) is 18.9 Å². The SMILES string of the molecule is N#CCN1C(=O)CC[C@H]1C(=O)O. The van der Waals surface area contributed by atoms with E-state index in [1.807, 2.05) is 0 Å². The number of nitrogens with zero attached hydrogens (tertiary/aromatic N) is 2. The van der Waals surface area contributed by atoms with Crippen molar-refractivity contribution in [2.45, 2.75) is 18.9 Å². The van der Waals surface area contributed by atoms with Crippen molar-refractivity contribution < 1.29 is 14.7 Å². The summed E-state index contributed by atoms with van der Waals surface area (Å²) in [7, 11) is 0. The zero-order valence-corrected chi connectivity index (χ0v) is 6.36. The number of carbonyl (C=O) groups is 2. The molecule has 1 rings (SSSR count). The van der Waals surface area contributed by atoms with Crippen LogP contribution >= 0.6 is 0 Å². The number of likely N-dealkylation sites (tertiary alicyclic amines) is 1. The highest BCUT2D eigenvalue weighted by Crippen LogP contribution is 2.17. The second-order valence-corrected chi connectivity index (χ2v) is 2.57. The molecular weight excluding hydrogens is 160 g/mol. The summed E-state index contributed by atoms with van der Waals surface area (Å²) in [6.07, 6.45) is 0.550. The molecule has 0 spiro atoms. The Balaban J connectivity index is 2.71. The molecule has 0 aromatic rings. The minimum absolute atomic E-state index is 0.129. The maximum Gasteiger partial charge on any atom is 0.326 e. The number of nitriles is 1. The molecule has 0 aromatic heterocycles. The first-order valence-corrected chi connectivity index (χ1v) is 3.56. The summed E-state index contributed by atoms with van der Waals surface area (Å²) in [5.41, 5.74) is 0. The minimum atomic E-state index is -1.03. The lowest BCUT2D eigenvalue weighted by molar-refractivity contribution is -0.145. The third-order valence-electron chi connectivity index (χ3n) is 1.85. The summed E-state index contributed by atoms with van der Waals surface area (Å²) in [5.74, 6) is -1.28. The predicted molar refractivity (Wildman–Crippen MR) is 38.0 cm³/mol. The van der Waals surface area contributed by atoms with Gasteiger partial charge in [-0.05, 0) is 6.42 Å². The summed E-state index contributed by atoms with van der Waals surface area (Å²) in [5, 5.41) is 16.9. The molecule has 1 heterocycles. The van der Waals surface area contributed by atoms with Gasteiger partial charge in [-0.15, -0.1) is 0 Å². The Morgan fingerprint density at radius 2 is 2.50 bits per heavy atom. The molecule has 0 aliphatic carbocycles. The van der Waals surface area contributed by atoms with Crippen LogP contribution in [0.2, 0.25) is 0 Å². The van der Waals surface area contributed by atoms with E-state index in [0.29, 0.717) is 6.42 Å². The molecule has 5 heteroatoms. The first kappa shape index (κ1) is 8.53. The van der Waals surface area contributed by atoms with E-state index < -0.39 is 12.0 Å². The molecule has 0 aromatic carbocycles. The van der Waals surface area contributed by atoms with Gasteiger partial charge >= 0.3 is 5.97 Å². The molecule has 1 N–H and O–H groups in total. The van der Waals surface area contributed by atoms with Gasteiger partial charge in [0.1, 0.15) is 12.6 Å². The molecule has 1 aliphatic heterocycles. The Kier molecular flexibility index (Phi) is 2.29. The Hall–Kier alpha value is -1.57. The van der Waals surface area contributed by atoms with Crippen molar-refractivity contribution in [3.8, 4) is 6.07 Å². The number of hydrogen-bond acceptors (Lipinski definition) is 3. The maximum absolute atomic E-state index is 11.0. The van der Waals surface area contributed by atoms with E-state index >= 15 is 0 Å². The molecule has 1 fully saturated rings. The van der Waals surface area contributed by atoms with Crippen molar-refractivity contribution in [2.75, 3.05) is 6.54 Å².